The summed E-state index contributed by atoms with van der Waals surface area (Å²) in [4.78, 5) is 18.0. The second-order valence-corrected chi connectivity index (χ2v) is 9.40. The van der Waals surface area contributed by atoms with Crippen molar-refractivity contribution in [2.45, 2.75) is 31.6 Å². The first kappa shape index (κ1) is 26.4. The number of unbranched alkanes of at least 4 members (excludes halogenated alkanes) is 1. The van der Waals surface area contributed by atoms with Crippen molar-refractivity contribution in [2.75, 3.05) is 40.4 Å². The number of nitrogens with one attached hydrogen (secondary N) is 2. The van der Waals surface area contributed by atoms with Crippen LogP contribution < -0.4 is 14.8 Å². The molecule has 1 saturated heterocycles. The zero-order valence-corrected chi connectivity index (χ0v) is 21.7. The van der Waals surface area contributed by atoms with Crippen molar-refractivity contribution >= 4 is 22.9 Å². The zero-order valence-electron chi connectivity index (χ0n) is 21.7. The van der Waals surface area contributed by atoms with Crippen LogP contribution in [-0.2, 0) is 4.79 Å². The Hall–Kier alpha value is -3.71. The van der Waals surface area contributed by atoms with E-state index in [1.165, 1.54) is 49.6 Å². The molecule has 1 amide bonds. The number of allylic oxidation sites excluding steroid dienone is 2. The van der Waals surface area contributed by atoms with E-state index in [0.29, 0.717) is 24.0 Å². The van der Waals surface area contributed by atoms with E-state index in [4.69, 9.17) is 9.47 Å². The average Bonchev–Trinajstić information content (AvgIpc) is 3.36. The average molecular weight is 504 g/mol. The number of benzene rings is 2. The van der Waals surface area contributed by atoms with Gasteiger partial charge in [-0.05, 0) is 80.6 Å². The standard InChI is InChI=1S/C30H37N3O4/c1-36-27-19-22(20-28(37-2)30(27)35)9-3-6-12-29(34)31-15-7-8-16-33-17-13-23(14-18-33)25-21-32-26-11-5-4-10-24(25)26/h3-6,9-12,19-21,23,32,35H,7-8,13-18H2,1-2H3,(H,31,34)/b9-3+,12-6+. The number of methoxy groups -OCH3 is 2. The molecule has 0 saturated carbocycles. The van der Waals surface area contributed by atoms with Crippen molar-refractivity contribution in [1.82, 2.24) is 15.2 Å². The number of aromatic nitrogens is 1. The van der Waals surface area contributed by atoms with E-state index in [1.807, 2.05) is 6.08 Å². The lowest BCUT2D eigenvalue weighted by Gasteiger charge is -2.32. The quantitative estimate of drug-likeness (QED) is 0.189. The molecule has 3 N–H and O–H groups in total. The summed E-state index contributed by atoms with van der Waals surface area (Å²) in [6.07, 6.45) is 13.4. The molecular weight excluding hydrogens is 466 g/mol. The van der Waals surface area contributed by atoms with Crippen LogP contribution >= 0.6 is 0 Å². The van der Waals surface area contributed by atoms with E-state index in [1.54, 1.807) is 24.3 Å². The van der Waals surface area contributed by atoms with Gasteiger partial charge >= 0.3 is 0 Å². The highest BCUT2D eigenvalue weighted by Crippen LogP contribution is 2.37. The molecule has 1 aliphatic heterocycles. The Morgan fingerprint density at radius 2 is 1.84 bits per heavy atom. The third-order valence-corrected chi connectivity index (χ3v) is 7.00. The van der Waals surface area contributed by atoms with Gasteiger partial charge in [0.1, 0.15) is 0 Å². The molecule has 2 aromatic carbocycles. The number of carbonyl (C=O) groups excluding carboxylic acids is 1. The summed E-state index contributed by atoms with van der Waals surface area (Å²) in [6.45, 7) is 4.01. The number of phenolic OH excluding ortho intramolecular Hbond substituents is 1. The van der Waals surface area contributed by atoms with Crippen LogP contribution in [0.1, 0.15) is 42.7 Å². The van der Waals surface area contributed by atoms with Gasteiger partial charge in [-0.2, -0.15) is 0 Å². The van der Waals surface area contributed by atoms with Gasteiger partial charge in [0.05, 0.1) is 14.2 Å². The van der Waals surface area contributed by atoms with Gasteiger partial charge in [-0.1, -0.05) is 36.4 Å². The second kappa shape index (κ2) is 13.0. The smallest absolute Gasteiger partial charge is 0.243 e. The third kappa shape index (κ3) is 6.95. The van der Waals surface area contributed by atoms with Gasteiger partial charge in [0.25, 0.3) is 0 Å². The molecule has 0 spiro atoms. The summed E-state index contributed by atoms with van der Waals surface area (Å²) in [5.74, 6) is 1.15. The van der Waals surface area contributed by atoms with Crippen LogP contribution in [0, 0.1) is 0 Å². The molecule has 0 atom stereocenters. The van der Waals surface area contributed by atoms with Gasteiger partial charge in [0, 0.05) is 29.7 Å². The number of amides is 1. The molecule has 3 aromatic rings. The Labute approximate surface area is 218 Å². The summed E-state index contributed by atoms with van der Waals surface area (Å²) in [7, 11) is 2.97. The minimum atomic E-state index is -0.106. The number of piperidine rings is 1. The molecule has 0 bridgehead atoms. The van der Waals surface area contributed by atoms with Crippen molar-refractivity contribution < 1.29 is 19.4 Å². The second-order valence-electron chi connectivity index (χ2n) is 9.40. The molecular formula is C30H37N3O4. The van der Waals surface area contributed by atoms with Crippen molar-refractivity contribution in [2.24, 2.45) is 0 Å². The molecule has 7 heteroatoms. The maximum Gasteiger partial charge on any atom is 0.243 e. The van der Waals surface area contributed by atoms with E-state index >= 15 is 0 Å². The summed E-state index contributed by atoms with van der Waals surface area (Å²) in [5.41, 5.74) is 3.48. The molecule has 4 rings (SSSR count). The lowest BCUT2D eigenvalue weighted by molar-refractivity contribution is -0.116. The first-order valence-electron chi connectivity index (χ1n) is 12.9. The number of hydrogen-bond donors (Lipinski definition) is 3. The predicted molar refractivity (Wildman–Crippen MR) is 148 cm³/mol. The van der Waals surface area contributed by atoms with Crippen molar-refractivity contribution in [3.05, 3.63) is 72.0 Å². The summed E-state index contributed by atoms with van der Waals surface area (Å²) >= 11 is 0. The van der Waals surface area contributed by atoms with Gasteiger partial charge < -0.3 is 29.8 Å². The topological polar surface area (TPSA) is 86.8 Å². The third-order valence-electron chi connectivity index (χ3n) is 7.00. The number of para-hydroxylation sites is 1. The number of ether oxygens (including phenoxy) is 2. The Morgan fingerprint density at radius 3 is 2.57 bits per heavy atom. The number of hydrogen-bond acceptors (Lipinski definition) is 5. The first-order valence-corrected chi connectivity index (χ1v) is 12.9. The number of rotatable bonds is 11. The Balaban J connectivity index is 1.11. The molecule has 7 nitrogen and oxygen atoms in total. The van der Waals surface area contributed by atoms with Gasteiger partial charge in [0.2, 0.25) is 11.7 Å². The van der Waals surface area contributed by atoms with E-state index < -0.39 is 0 Å². The fraction of sp³-hybridized carbons (Fsp3) is 0.367. The minimum absolute atomic E-state index is 0.0352. The van der Waals surface area contributed by atoms with E-state index in [0.717, 1.165) is 38.0 Å². The van der Waals surface area contributed by atoms with Gasteiger partial charge in [0.15, 0.2) is 11.5 Å². The molecule has 196 valence electrons. The largest absolute Gasteiger partial charge is 0.502 e. The van der Waals surface area contributed by atoms with E-state index in [-0.39, 0.29) is 11.7 Å². The number of likely N-dealkylation sites (tertiary alicyclic amines) is 1. The molecule has 0 aliphatic carbocycles. The molecule has 0 unspecified atom stereocenters. The number of carbonyl (C=O) groups is 1. The fourth-order valence-electron chi connectivity index (χ4n) is 4.95. The van der Waals surface area contributed by atoms with Crippen molar-refractivity contribution in [3.8, 4) is 17.2 Å². The number of aromatic hydroxyl groups is 1. The van der Waals surface area contributed by atoms with E-state index in [2.05, 4.69) is 45.7 Å². The fourth-order valence-corrected chi connectivity index (χ4v) is 4.95. The van der Waals surface area contributed by atoms with Crippen LogP contribution in [0.15, 0.2) is 60.8 Å². The SMILES string of the molecule is COc1cc(/C=C/C=C/C(=O)NCCCCN2CCC(c3c[nH]c4ccccc34)CC2)cc(OC)c1O. The minimum Gasteiger partial charge on any atom is -0.502 e. The Kier molecular flexibility index (Phi) is 9.27. The normalized spacial score (nSPS) is 15.1. The van der Waals surface area contributed by atoms with Crippen molar-refractivity contribution in [3.63, 3.8) is 0 Å². The predicted octanol–water partition coefficient (Wildman–Crippen LogP) is 5.24. The highest BCUT2D eigenvalue weighted by molar-refractivity contribution is 5.87. The number of phenols is 1. The number of H-pyrrole nitrogens is 1. The lowest BCUT2D eigenvalue weighted by atomic mass is 9.89. The van der Waals surface area contributed by atoms with Gasteiger partial charge in [-0.15, -0.1) is 0 Å². The highest BCUT2D eigenvalue weighted by atomic mass is 16.5. The maximum atomic E-state index is 12.1. The summed E-state index contributed by atoms with van der Waals surface area (Å²) in [6, 6.07) is 12.0. The molecule has 2 heterocycles. The number of fused-ring (bicyclic) bond motifs is 1. The maximum absolute atomic E-state index is 12.1. The molecule has 0 radical (unpaired) electrons. The van der Waals surface area contributed by atoms with Crippen LogP contribution in [0.4, 0.5) is 0 Å². The molecule has 1 aromatic heterocycles. The monoisotopic (exact) mass is 503 g/mol. The highest BCUT2D eigenvalue weighted by Gasteiger charge is 2.22. The number of aromatic amines is 1. The van der Waals surface area contributed by atoms with Gasteiger partial charge in [-0.3, -0.25) is 4.79 Å². The van der Waals surface area contributed by atoms with Crippen molar-refractivity contribution in [1.29, 1.82) is 0 Å². The first-order chi connectivity index (χ1) is 18.1. The Bertz CT molecular complexity index is 1210. The molecule has 37 heavy (non-hydrogen) atoms. The number of nitrogens with zero attached hydrogens (tertiary/aromatic N) is 1. The molecule has 1 fully saturated rings. The zero-order chi connectivity index (χ0) is 26.0. The summed E-state index contributed by atoms with van der Waals surface area (Å²) in [5, 5.41) is 14.3. The van der Waals surface area contributed by atoms with Gasteiger partial charge in [-0.25, -0.2) is 0 Å². The van der Waals surface area contributed by atoms with Crippen LogP contribution in [0.3, 0.4) is 0 Å². The van der Waals surface area contributed by atoms with Crippen LogP contribution in [0.25, 0.3) is 17.0 Å². The summed E-state index contributed by atoms with van der Waals surface area (Å²) < 4.78 is 10.3. The lowest BCUT2D eigenvalue weighted by Crippen LogP contribution is -2.34. The molecule has 1 aliphatic rings. The Morgan fingerprint density at radius 1 is 1.11 bits per heavy atom. The van der Waals surface area contributed by atoms with Crippen LogP contribution in [0.5, 0.6) is 17.2 Å². The van der Waals surface area contributed by atoms with Crippen LogP contribution in [0.2, 0.25) is 0 Å². The van der Waals surface area contributed by atoms with E-state index in [9.17, 15) is 9.90 Å². The van der Waals surface area contributed by atoms with Crippen LogP contribution in [-0.4, -0.2) is 61.3 Å².